The first-order valence-electron chi connectivity index (χ1n) is 5.59. The van der Waals surface area contributed by atoms with Crippen molar-refractivity contribution in [3.63, 3.8) is 0 Å². The van der Waals surface area contributed by atoms with Crippen molar-refractivity contribution < 1.29 is 14.6 Å². The Morgan fingerprint density at radius 3 is 2.47 bits per heavy atom. The van der Waals surface area contributed by atoms with Crippen LogP contribution in [0.15, 0.2) is 0 Å². The Kier molecular flexibility index (Phi) is 4.99. The second kappa shape index (κ2) is 5.80. The maximum absolute atomic E-state index is 9.76. The molecular formula is C11H23NO3. The molecule has 1 aliphatic heterocycles. The summed E-state index contributed by atoms with van der Waals surface area (Å²) in [7, 11) is 0. The number of morpholine rings is 1. The average Bonchev–Trinajstić information content (AvgIpc) is 2.15. The molecule has 1 N–H and O–H groups in total. The summed E-state index contributed by atoms with van der Waals surface area (Å²) < 4.78 is 10.8. The van der Waals surface area contributed by atoms with Crippen LogP contribution in [0.1, 0.15) is 20.8 Å². The fourth-order valence-corrected chi connectivity index (χ4v) is 1.48. The first kappa shape index (κ1) is 12.9. The summed E-state index contributed by atoms with van der Waals surface area (Å²) in [5.41, 5.74) is -0.175. The van der Waals surface area contributed by atoms with Crippen LogP contribution in [-0.2, 0) is 9.47 Å². The zero-order valence-electron chi connectivity index (χ0n) is 10.0. The number of aliphatic hydroxyl groups excluding tert-OH is 1. The Balaban J connectivity index is 2.14. The van der Waals surface area contributed by atoms with Crippen molar-refractivity contribution >= 4 is 0 Å². The summed E-state index contributed by atoms with van der Waals surface area (Å²) in [5, 5.41) is 9.76. The van der Waals surface area contributed by atoms with E-state index in [4.69, 9.17) is 9.47 Å². The lowest BCUT2D eigenvalue weighted by molar-refractivity contribution is -0.0633. The van der Waals surface area contributed by atoms with E-state index in [1.807, 2.05) is 20.8 Å². The van der Waals surface area contributed by atoms with Gasteiger partial charge in [-0.15, -0.1) is 0 Å². The number of hydrogen-bond donors (Lipinski definition) is 1. The lowest BCUT2D eigenvalue weighted by Gasteiger charge is -2.29. The van der Waals surface area contributed by atoms with Crippen LogP contribution in [0.3, 0.4) is 0 Å². The molecule has 0 spiro atoms. The summed E-state index contributed by atoms with van der Waals surface area (Å²) in [6.07, 6.45) is -0.401. The van der Waals surface area contributed by atoms with Crippen molar-refractivity contribution in [2.24, 2.45) is 0 Å². The molecule has 0 bridgehead atoms. The van der Waals surface area contributed by atoms with E-state index in [1.165, 1.54) is 0 Å². The normalized spacial score (nSPS) is 21.6. The molecule has 0 aliphatic carbocycles. The lowest BCUT2D eigenvalue weighted by Crippen LogP contribution is -2.42. The third-order valence-corrected chi connectivity index (χ3v) is 2.28. The third kappa shape index (κ3) is 6.10. The first-order valence-corrected chi connectivity index (χ1v) is 5.59. The van der Waals surface area contributed by atoms with Crippen molar-refractivity contribution in [1.82, 2.24) is 4.90 Å². The molecule has 1 rings (SSSR count). The maximum Gasteiger partial charge on any atom is 0.0900 e. The highest BCUT2D eigenvalue weighted by Crippen LogP contribution is 2.08. The molecule has 0 saturated carbocycles. The van der Waals surface area contributed by atoms with Gasteiger partial charge in [0.15, 0.2) is 0 Å². The molecule has 1 fully saturated rings. The Morgan fingerprint density at radius 2 is 1.93 bits per heavy atom. The van der Waals surface area contributed by atoms with Crippen molar-refractivity contribution in [3.05, 3.63) is 0 Å². The van der Waals surface area contributed by atoms with Gasteiger partial charge in [0.05, 0.1) is 31.5 Å². The number of hydrogen-bond acceptors (Lipinski definition) is 4. The minimum atomic E-state index is -0.401. The zero-order chi connectivity index (χ0) is 11.3. The number of ether oxygens (including phenoxy) is 2. The van der Waals surface area contributed by atoms with Gasteiger partial charge in [-0.2, -0.15) is 0 Å². The largest absolute Gasteiger partial charge is 0.389 e. The molecule has 0 aromatic heterocycles. The molecule has 1 atom stereocenters. The van der Waals surface area contributed by atoms with Crippen LogP contribution in [0.25, 0.3) is 0 Å². The standard InChI is InChI=1S/C11H23NO3/c1-11(2,3)15-9-10(13)8-12-4-6-14-7-5-12/h10,13H,4-9H2,1-3H3. The van der Waals surface area contributed by atoms with Crippen molar-refractivity contribution in [2.45, 2.75) is 32.5 Å². The van der Waals surface area contributed by atoms with Crippen LogP contribution in [-0.4, -0.2) is 61.2 Å². The highest BCUT2D eigenvalue weighted by atomic mass is 16.5. The van der Waals surface area contributed by atoms with Gasteiger partial charge in [0.25, 0.3) is 0 Å². The van der Waals surface area contributed by atoms with E-state index in [2.05, 4.69) is 4.90 Å². The maximum atomic E-state index is 9.76. The predicted octanol–water partition coefficient (Wildman–Crippen LogP) is 0.495. The van der Waals surface area contributed by atoms with E-state index < -0.39 is 6.10 Å². The number of β-amino-alcohol motifs (C(OH)–C–C–N with tert-alkyl or cyclic N) is 1. The highest BCUT2D eigenvalue weighted by Gasteiger charge is 2.17. The van der Waals surface area contributed by atoms with Gasteiger partial charge in [-0.1, -0.05) is 0 Å². The van der Waals surface area contributed by atoms with Crippen LogP contribution < -0.4 is 0 Å². The van der Waals surface area contributed by atoms with Crippen LogP contribution >= 0.6 is 0 Å². The van der Waals surface area contributed by atoms with Gasteiger partial charge >= 0.3 is 0 Å². The summed E-state index contributed by atoms with van der Waals surface area (Å²) in [6, 6.07) is 0. The van der Waals surface area contributed by atoms with Gasteiger partial charge in [-0.3, -0.25) is 4.90 Å². The molecule has 15 heavy (non-hydrogen) atoms. The molecule has 4 nitrogen and oxygen atoms in total. The Hall–Kier alpha value is -0.160. The molecule has 0 radical (unpaired) electrons. The number of aliphatic hydroxyl groups is 1. The predicted molar refractivity (Wildman–Crippen MR) is 59.0 cm³/mol. The van der Waals surface area contributed by atoms with E-state index in [9.17, 15) is 5.11 Å². The van der Waals surface area contributed by atoms with Gasteiger partial charge in [-0.05, 0) is 20.8 Å². The van der Waals surface area contributed by atoms with Crippen LogP contribution in [0.2, 0.25) is 0 Å². The fourth-order valence-electron chi connectivity index (χ4n) is 1.48. The number of nitrogens with zero attached hydrogens (tertiary/aromatic N) is 1. The summed E-state index contributed by atoms with van der Waals surface area (Å²) in [5.74, 6) is 0. The molecule has 4 heteroatoms. The smallest absolute Gasteiger partial charge is 0.0900 e. The monoisotopic (exact) mass is 217 g/mol. The Labute approximate surface area is 92.2 Å². The highest BCUT2D eigenvalue weighted by molar-refractivity contribution is 4.68. The van der Waals surface area contributed by atoms with Gasteiger partial charge < -0.3 is 14.6 Å². The molecule has 0 aromatic rings. The third-order valence-electron chi connectivity index (χ3n) is 2.28. The van der Waals surface area contributed by atoms with Crippen LogP contribution in [0, 0.1) is 0 Å². The molecule has 0 aromatic carbocycles. The Morgan fingerprint density at radius 1 is 1.33 bits per heavy atom. The molecule has 1 aliphatic rings. The molecule has 0 amide bonds. The quantitative estimate of drug-likeness (QED) is 0.744. The minimum absolute atomic E-state index is 0.175. The van der Waals surface area contributed by atoms with Crippen LogP contribution in [0.4, 0.5) is 0 Å². The van der Waals surface area contributed by atoms with E-state index in [1.54, 1.807) is 0 Å². The fraction of sp³-hybridized carbons (Fsp3) is 1.00. The van der Waals surface area contributed by atoms with Gasteiger partial charge in [0.2, 0.25) is 0 Å². The van der Waals surface area contributed by atoms with Gasteiger partial charge in [-0.25, -0.2) is 0 Å². The second-order valence-corrected chi connectivity index (χ2v) is 4.99. The van der Waals surface area contributed by atoms with E-state index in [0.29, 0.717) is 13.2 Å². The molecule has 90 valence electrons. The molecule has 1 saturated heterocycles. The van der Waals surface area contributed by atoms with Crippen LogP contribution in [0.5, 0.6) is 0 Å². The second-order valence-electron chi connectivity index (χ2n) is 4.99. The summed E-state index contributed by atoms with van der Waals surface area (Å²) in [6.45, 7) is 10.4. The molecule has 1 unspecified atom stereocenters. The summed E-state index contributed by atoms with van der Waals surface area (Å²) >= 11 is 0. The average molecular weight is 217 g/mol. The SMILES string of the molecule is CC(C)(C)OCC(O)CN1CCOCC1. The number of rotatable bonds is 4. The zero-order valence-corrected chi connectivity index (χ0v) is 10.0. The van der Waals surface area contributed by atoms with E-state index in [0.717, 1.165) is 26.3 Å². The molecule has 1 heterocycles. The molecular weight excluding hydrogens is 194 g/mol. The van der Waals surface area contributed by atoms with Gasteiger partial charge in [0, 0.05) is 19.6 Å². The summed E-state index contributed by atoms with van der Waals surface area (Å²) in [4.78, 5) is 2.21. The lowest BCUT2D eigenvalue weighted by atomic mass is 10.2. The van der Waals surface area contributed by atoms with Gasteiger partial charge in [0.1, 0.15) is 0 Å². The minimum Gasteiger partial charge on any atom is -0.389 e. The topological polar surface area (TPSA) is 41.9 Å². The van der Waals surface area contributed by atoms with Crippen molar-refractivity contribution in [1.29, 1.82) is 0 Å². The van der Waals surface area contributed by atoms with E-state index >= 15 is 0 Å². The Bertz CT molecular complexity index is 173. The van der Waals surface area contributed by atoms with E-state index in [-0.39, 0.29) is 5.60 Å². The van der Waals surface area contributed by atoms with Crippen molar-refractivity contribution in [3.8, 4) is 0 Å². The first-order chi connectivity index (χ1) is 6.97. The van der Waals surface area contributed by atoms with Crippen molar-refractivity contribution in [2.75, 3.05) is 39.5 Å².